The SMILES string of the molecule is CC1CN(CC(=O)N2CCCNCC2)CCN1C. The lowest BCUT2D eigenvalue weighted by molar-refractivity contribution is -0.132. The molecule has 2 aliphatic rings. The van der Waals surface area contributed by atoms with Crippen molar-refractivity contribution in [2.24, 2.45) is 0 Å². The van der Waals surface area contributed by atoms with E-state index in [-0.39, 0.29) is 0 Å². The summed E-state index contributed by atoms with van der Waals surface area (Å²) >= 11 is 0. The van der Waals surface area contributed by atoms with Crippen molar-refractivity contribution >= 4 is 5.91 Å². The zero-order valence-electron chi connectivity index (χ0n) is 11.7. The van der Waals surface area contributed by atoms with Crippen LogP contribution in [-0.2, 0) is 4.79 Å². The van der Waals surface area contributed by atoms with Gasteiger partial charge in [0, 0.05) is 45.3 Å². The van der Waals surface area contributed by atoms with Gasteiger partial charge in [0.05, 0.1) is 6.54 Å². The molecule has 0 radical (unpaired) electrons. The molecule has 5 nitrogen and oxygen atoms in total. The molecule has 2 heterocycles. The van der Waals surface area contributed by atoms with E-state index in [0.717, 1.165) is 52.2 Å². The first-order valence-corrected chi connectivity index (χ1v) is 7.08. The highest BCUT2D eigenvalue weighted by Gasteiger charge is 2.24. The molecule has 2 rings (SSSR count). The molecule has 0 spiro atoms. The lowest BCUT2D eigenvalue weighted by Gasteiger charge is -2.38. The molecule has 104 valence electrons. The number of nitrogens with one attached hydrogen (secondary N) is 1. The van der Waals surface area contributed by atoms with Gasteiger partial charge in [-0.1, -0.05) is 0 Å². The maximum Gasteiger partial charge on any atom is 0.236 e. The maximum absolute atomic E-state index is 12.3. The Labute approximate surface area is 110 Å². The summed E-state index contributed by atoms with van der Waals surface area (Å²) in [6.45, 7) is 9.66. The number of piperazine rings is 1. The second-order valence-electron chi connectivity index (χ2n) is 5.55. The molecule has 1 N–H and O–H groups in total. The van der Waals surface area contributed by atoms with Crippen molar-refractivity contribution in [3.8, 4) is 0 Å². The number of rotatable bonds is 2. The normalized spacial score (nSPS) is 28.1. The molecule has 0 aliphatic carbocycles. The van der Waals surface area contributed by atoms with Gasteiger partial charge >= 0.3 is 0 Å². The molecule has 1 unspecified atom stereocenters. The van der Waals surface area contributed by atoms with E-state index in [4.69, 9.17) is 0 Å². The van der Waals surface area contributed by atoms with Crippen LogP contribution in [0.15, 0.2) is 0 Å². The van der Waals surface area contributed by atoms with E-state index < -0.39 is 0 Å². The van der Waals surface area contributed by atoms with E-state index in [1.54, 1.807) is 0 Å². The number of hydrogen-bond donors (Lipinski definition) is 1. The minimum absolute atomic E-state index is 0.301. The molecule has 1 atom stereocenters. The van der Waals surface area contributed by atoms with Crippen LogP contribution in [0.4, 0.5) is 0 Å². The van der Waals surface area contributed by atoms with Crippen molar-refractivity contribution < 1.29 is 4.79 Å². The Hall–Kier alpha value is -0.650. The third kappa shape index (κ3) is 3.67. The van der Waals surface area contributed by atoms with Gasteiger partial charge in [0.15, 0.2) is 0 Å². The highest BCUT2D eigenvalue weighted by molar-refractivity contribution is 5.78. The quantitative estimate of drug-likeness (QED) is 0.717. The highest BCUT2D eigenvalue weighted by Crippen LogP contribution is 2.07. The zero-order chi connectivity index (χ0) is 13.0. The van der Waals surface area contributed by atoms with Gasteiger partial charge in [-0.2, -0.15) is 0 Å². The fraction of sp³-hybridized carbons (Fsp3) is 0.923. The average molecular weight is 254 g/mol. The Morgan fingerprint density at radius 3 is 2.83 bits per heavy atom. The minimum atomic E-state index is 0.301. The maximum atomic E-state index is 12.3. The van der Waals surface area contributed by atoms with Crippen LogP contribution in [0.2, 0.25) is 0 Å². The van der Waals surface area contributed by atoms with Gasteiger partial charge < -0.3 is 15.1 Å². The monoisotopic (exact) mass is 254 g/mol. The Bertz CT molecular complexity index is 276. The predicted octanol–water partition coefficient (Wildman–Crippen LogP) is -0.556. The summed E-state index contributed by atoms with van der Waals surface area (Å²) < 4.78 is 0. The number of nitrogens with zero attached hydrogens (tertiary/aromatic N) is 3. The first-order chi connectivity index (χ1) is 8.66. The summed E-state index contributed by atoms with van der Waals surface area (Å²) in [6.07, 6.45) is 1.07. The molecule has 18 heavy (non-hydrogen) atoms. The number of amides is 1. The second kappa shape index (κ2) is 6.50. The number of likely N-dealkylation sites (N-methyl/N-ethyl adjacent to an activating group) is 1. The van der Waals surface area contributed by atoms with Crippen LogP contribution >= 0.6 is 0 Å². The number of hydrogen-bond acceptors (Lipinski definition) is 4. The van der Waals surface area contributed by atoms with Gasteiger partial charge in [-0.05, 0) is 26.9 Å². The zero-order valence-corrected chi connectivity index (χ0v) is 11.7. The van der Waals surface area contributed by atoms with Gasteiger partial charge in [-0.25, -0.2) is 0 Å². The second-order valence-corrected chi connectivity index (χ2v) is 5.55. The van der Waals surface area contributed by atoms with Gasteiger partial charge in [0.2, 0.25) is 5.91 Å². The smallest absolute Gasteiger partial charge is 0.236 e. The van der Waals surface area contributed by atoms with Crippen LogP contribution in [0, 0.1) is 0 Å². The fourth-order valence-electron chi connectivity index (χ4n) is 2.65. The van der Waals surface area contributed by atoms with E-state index in [1.807, 2.05) is 4.90 Å². The standard InChI is InChI=1S/C13H26N4O/c1-12-10-16(9-8-15(12)2)11-13(18)17-6-3-4-14-5-7-17/h12,14H,3-11H2,1-2H3. The molecule has 1 amide bonds. The number of carbonyl (C=O) groups is 1. The van der Waals surface area contributed by atoms with Crippen LogP contribution in [0.1, 0.15) is 13.3 Å². The molecule has 0 bridgehead atoms. The Kier molecular flexibility index (Phi) is 4.97. The van der Waals surface area contributed by atoms with Crippen molar-refractivity contribution in [2.45, 2.75) is 19.4 Å². The molecule has 2 fully saturated rings. The van der Waals surface area contributed by atoms with Gasteiger partial charge in [-0.3, -0.25) is 9.69 Å². The van der Waals surface area contributed by atoms with E-state index in [1.165, 1.54) is 0 Å². The lowest BCUT2D eigenvalue weighted by atomic mass is 10.2. The summed E-state index contributed by atoms with van der Waals surface area (Å²) in [5, 5.41) is 3.33. The lowest BCUT2D eigenvalue weighted by Crippen LogP contribution is -2.53. The average Bonchev–Trinajstić information content (AvgIpc) is 2.62. The highest BCUT2D eigenvalue weighted by atomic mass is 16.2. The topological polar surface area (TPSA) is 38.8 Å². The summed E-state index contributed by atoms with van der Waals surface area (Å²) in [4.78, 5) is 18.9. The van der Waals surface area contributed by atoms with Gasteiger partial charge in [-0.15, -0.1) is 0 Å². The first-order valence-electron chi connectivity index (χ1n) is 7.08. The summed E-state index contributed by atoms with van der Waals surface area (Å²) in [5.74, 6) is 0.301. The Morgan fingerprint density at radius 1 is 1.22 bits per heavy atom. The molecular formula is C13H26N4O. The van der Waals surface area contributed by atoms with Crippen molar-refractivity contribution in [1.82, 2.24) is 20.0 Å². The van der Waals surface area contributed by atoms with Crippen LogP contribution in [-0.4, -0.2) is 86.1 Å². The van der Waals surface area contributed by atoms with Crippen LogP contribution in [0.5, 0.6) is 0 Å². The fourth-order valence-corrected chi connectivity index (χ4v) is 2.65. The van der Waals surface area contributed by atoms with E-state index in [9.17, 15) is 4.79 Å². The molecule has 0 aromatic heterocycles. The molecule has 5 heteroatoms. The van der Waals surface area contributed by atoms with E-state index >= 15 is 0 Å². The van der Waals surface area contributed by atoms with Gasteiger partial charge in [0.1, 0.15) is 0 Å². The first kappa shape index (κ1) is 13.8. The van der Waals surface area contributed by atoms with Crippen molar-refractivity contribution in [3.05, 3.63) is 0 Å². The van der Waals surface area contributed by atoms with Gasteiger partial charge in [0.25, 0.3) is 0 Å². The van der Waals surface area contributed by atoms with Crippen LogP contribution in [0.3, 0.4) is 0 Å². The predicted molar refractivity (Wildman–Crippen MR) is 72.6 cm³/mol. The molecule has 2 saturated heterocycles. The minimum Gasteiger partial charge on any atom is -0.340 e. The van der Waals surface area contributed by atoms with Crippen LogP contribution < -0.4 is 5.32 Å². The molecule has 2 aliphatic heterocycles. The van der Waals surface area contributed by atoms with E-state index in [0.29, 0.717) is 18.5 Å². The van der Waals surface area contributed by atoms with Crippen molar-refractivity contribution in [1.29, 1.82) is 0 Å². The Morgan fingerprint density at radius 2 is 2.06 bits per heavy atom. The van der Waals surface area contributed by atoms with Crippen LogP contribution in [0.25, 0.3) is 0 Å². The molecular weight excluding hydrogens is 228 g/mol. The van der Waals surface area contributed by atoms with Crippen molar-refractivity contribution in [2.75, 3.05) is 59.4 Å². The number of carbonyl (C=O) groups excluding carboxylic acids is 1. The summed E-state index contributed by atoms with van der Waals surface area (Å²) in [5.41, 5.74) is 0. The molecule has 0 aromatic carbocycles. The van der Waals surface area contributed by atoms with E-state index in [2.05, 4.69) is 29.1 Å². The molecule has 0 aromatic rings. The van der Waals surface area contributed by atoms with Crippen molar-refractivity contribution in [3.63, 3.8) is 0 Å². The third-order valence-electron chi connectivity index (χ3n) is 4.10. The molecule has 0 saturated carbocycles. The summed E-state index contributed by atoms with van der Waals surface area (Å²) in [7, 11) is 2.16. The summed E-state index contributed by atoms with van der Waals surface area (Å²) in [6, 6.07) is 0.553. The Balaban J connectivity index is 1.79. The third-order valence-corrected chi connectivity index (χ3v) is 4.10. The largest absolute Gasteiger partial charge is 0.340 e.